The van der Waals surface area contributed by atoms with Gasteiger partial charge in [-0.25, -0.2) is 0 Å². The van der Waals surface area contributed by atoms with Gasteiger partial charge >= 0.3 is 0 Å². The lowest BCUT2D eigenvalue weighted by Gasteiger charge is -2.30. The zero-order valence-corrected chi connectivity index (χ0v) is 10.7. The van der Waals surface area contributed by atoms with Crippen LogP contribution < -0.4 is 0 Å². The summed E-state index contributed by atoms with van der Waals surface area (Å²) in [6, 6.07) is 5.78. The van der Waals surface area contributed by atoms with Gasteiger partial charge in [-0.15, -0.1) is 0 Å². The van der Waals surface area contributed by atoms with E-state index in [1.54, 1.807) is 6.20 Å². The molecule has 1 rings (SSSR count). The van der Waals surface area contributed by atoms with Gasteiger partial charge in [-0.3, -0.25) is 9.78 Å². The van der Waals surface area contributed by atoms with Gasteiger partial charge in [0.2, 0.25) is 0 Å². The van der Waals surface area contributed by atoms with Gasteiger partial charge in [0.1, 0.15) is 0 Å². The van der Waals surface area contributed by atoms with Crippen molar-refractivity contribution in [3.8, 4) is 6.07 Å². The number of ketones is 1. The molecule has 3 heteroatoms. The topological polar surface area (TPSA) is 53.8 Å². The first-order valence-electron chi connectivity index (χ1n) is 5.94. The zero-order chi connectivity index (χ0) is 12.9. The molecule has 0 aliphatic heterocycles. The van der Waals surface area contributed by atoms with Gasteiger partial charge in [0.05, 0.1) is 23.6 Å². The fourth-order valence-corrected chi connectivity index (χ4v) is 2.34. The van der Waals surface area contributed by atoms with Crippen molar-refractivity contribution in [1.29, 1.82) is 5.26 Å². The Balaban J connectivity index is 3.31. The van der Waals surface area contributed by atoms with Crippen LogP contribution in [0.2, 0.25) is 0 Å². The third-order valence-corrected chi connectivity index (χ3v) is 3.44. The lowest BCUT2D eigenvalue weighted by molar-refractivity contribution is -0.124. The van der Waals surface area contributed by atoms with Crippen molar-refractivity contribution < 1.29 is 4.79 Å². The SMILES string of the molecule is CCC(CC)(C(=O)CC#N)c1ncccc1C. The van der Waals surface area contributed by atoms with Crippen molar-refractivity contribution in [2.24, 2.45) is 0 Å². The van der Waals surface area contributed by atoms with Gasteiger partial charge in [-0.2, -0.15) is 5.26 Å². The minimum Gasteiger partial charge on any atom is -0.297 e. The first-order chi connectivity index (χ1) is 8.12. The first-order valence-corrected chi connectivity index (χ1v) is 5.94. The lowest BCUT2D eigenvalue weighted by atomic mass is 9.73. The number of rotatable bonds is 5. The van der Waals surface area contributed by atoms with Crippen LogP contribution in [0, 0.1) is 18.3 Å². The average molecular weight is 230 g/mol. The fourth-order valence-electron chi connectivity index (χ4n) is 2.34. The van der Waals surface area contributed by atoms with E-state index in [9.17, 15) is 4.79 Å². The van der Waals surface area contributed by atoms with Crippen molar-refractivity contribution in [3.63, 3.8) is 0 Å². The lowest BCUT2D eigenvalue weighted by Crippen LogP contribution is -2.36. The molecule has 0 aliphatic rings. The van der Waals surface area contributed by atoms with Crippen molar-refractivity contribution in [1.82, 2.24) is 4.98 Å². The van der Waals surface area contributed by atoms with E-state index in [4.69, 9.17) is 5.26 Å². The second-order valence-electron chi connectivity index (χ2n) is 4.22. The van der Waals surface area contributed by atoms with Crippen LogP contribution in [0.4, 0.5) is 0 Å². The molecule has 0 saturated heterocycles. The van der Waals surface area contributed by atoms with Crippen LogP contribution in [0.25, 0.3) is 0 Å². The van der Waals surface area contributed by atoms with E-state index in [0.29, 0.717) is 12.8 Å². The number of carbonyl (C=O) groups excluding carboxylic acids is 1. The summed E-state index contributed by atoms with van der Waals surface area (Å²) in [5.41, 5.74) is 1.24. The molecule has 0 amide bonds. The van der Waals surface area contributed by atoms with Gasteiger partial charge in [0.25, 0.3) is 0 Å². The van der Waals surface area contributed by atoms with Gasteiger partial charge in [0.15, 0.2) is 5.78 Å². The maximum Gasteiger partial charge on any atom is 0.158 e. The number of pyridine rings is 1. The van der Waals surface area contributed by atoms with Gasteiger partial charge in [-0.1, -0.05) is 19.9 Å². The van der Waals surface area contributed by atoms with Crippen LogP contribution in [0.3, 0.4) is 0 Å². The molecule has 1 heterocycles. The monoisotopic (exact) mass is 230 g/mol. The molecule has 1 aromatic rings. The number of aryl methyl sites for hydroxylation is 1. The van der Waals surface area contributed by atoms with Crippen molar-refractivity contribution in [3.05, 3.63) is 29.6 Å². The molecule has 0 unspecified atom stereocenters. The Morgan fingerprint density at radius 2 is 2.12 bits per heavy atom. The third-order valence-electron chi connectivity index (χ3n) is 3.44. The third kappa shape index (κ3) is 2.36. The molecule has 3 nitrogen and oxygen atoms in total. The van der Waals surface area contributed by atoms with Crippen LogP contribution in [0.15, 0.2) is 18.3 Å². The number of nitriles is 1. The van der Waals surface area contributed by atoms with E-state index in [1.807, 2.05) is 39.0 Å². The maximum atomic E-state index is 12.2. The molecular formula is C14H18N2O. The zero-order valence-electron chi connectivity index (χ0n) is 10.7. The van der Waals surface area contributed by atoms with E-state index in [-0.39, 0.29) is 12.2 Å². The quantitative estimate of drug-likeness (QED) is 0.781. The Bertz CT molecular complexity index is 442. The van der Waals surface area contributed by atoms with Crippen molar-refractivity contribution in [2.45, 2.75) is 45.4 Å². The molecule has 0 bridgehead atoms. The summed E-state index contributed by atoms with van der Waals surface area (Å²) in [4.78, 5) is 16.6. The number of hydrogen-bond donors (Lipinski definition) is 0. The first kappa shape index (κ1) is 13.4. The minimum atomic E-state index is -0.596. The molecule has 0 radical (unpaired) electrons. The van der Waals surface area contributed by atoms with E-state index < -0.39 is 5.41 Å². The standard InChI is InChI=1S/C14H18N2O/c1-4-14(5-2,12(17)8-9-15)13-11(3)7-6-10-16-13/h6-7,10H,4-5,8H2,1-3H3. The highest BCUT2D eigenvalue weighted by atomic mass is 16.1. The molecular weight excluding hydrogens is 212 g/mol. The second-order valence-corrected chi connectivity index (χ2v) is 4.22. The van der Waals surface area contributed by atoms with Crippen LogP contribution in [0.5, 0.6) is 0 Å². The number of nitrogens with zero attached hydrogens (tertiary/aromatic N) is 2. The highest BCUT2D eigenvalue weighted by molar-refractivity contribution is 5.91. The predicted molar refractivity (Wildman–Crippen MR) is 66.5 cm³/mol. The molecule has 0 aromatic carbocycles. The summed E-state index contributed by atoms with van der Waals surface area (Å²) in [6.07, 6.45) is 3.03. The van der Waals surface area contributed by atoms with Crippen molar-refractivity contribution >= 4 is 5.78 Å². The highest BCUT2D eigenvalue weighted by Gasteiger charge is 2.38. The van der Waals surface area contributed by atoms with Crippen LogP contribution in [0.1, 0.15) is 44.4 Å². The number of carbonyl (C=O) groups is 1. The summed E-state index contributed by atoms with van der Waals surface area (Å²) >= 11 is 0. The number of hydrogen-bond acceptors (Lipinski definition) is 3. The van der Waals surface area contributed by atoms with Gasteiger partial charge in [0, 0.05) is 6.20 Å². The van der Waals surface area contributed by atoms with Crippen LogP contribution in [-0.4, -0.2) is 10.8 Å². The number of Topliss-reactive ketones (excluding diaryl/α,β-unsaturated/α-hetero) is 1. The Labute approximate surface area is 102 Å². The largest absolute Gasteiger partial charge is 0.297 e. The average Bonchev–Trinajstić information content (AvgIpc) is 2.34. The summed E-state index contributed by atoms with van der Waals surface area (Å²) in [5, 5.41) is 8.72. The molecule has 0 N–H and O–H groups in total. The summed E-state index contributed by atoms with van der Waals surface area (Å²) < 4.78 is 0. The predicted octanol–water partition coefficient (Wildman–Crippen LogP) is 2.93. The maximum absolute atomic E-state index is 12.2. The Morgan fingerprint density at radius 1 is 1.47 bits per heavy atom. The van der Waals surface area contributed by atoms with Crippen molar-refractivity contribution in [2.75, 3.05) is 0 Å². The Kier molecular flexibility index (Phi) is 4.39. The Hall–Kier alpha value is -1.69. The summed E-state index contributed by atoms with van der Waals surface area (Å²) in [5.74, 6) is -0.0215. The fraction of sp³-hybridized carbons (Fsp3) is 0.500. The molecule has 0 atom stereocenters. The number of aromatic nitrogens is 1. The van der Waals surface area contributed by atoms with Gasteiger partial charge < -0.3 is 0 Å². The normalized spacial score (nSPS) is 10.9. The molecule has 90 valence electrons. The van der Waals surface area contributed by atoms with Gasteiger partial charge in [-0.05, 0) is 31.4 Å². The molecule has 0 fully saturated rings. The Morgan fingerprint density at radius 3 is 2.59 bits per heavy atom. The molecule has 0 saturated carbocycles. The smallest absolute Gasteiger partial charge is 0.158 e. The van der Waals surface area contributed by atoms with E-state index in [1.165, 1.54) is 0 Å². The minimum absolute atomic E-state index is 0.0215. The van der Waals surface area contributed by atoms with E-state index in [0.717, 1.165) is 11.3 Å². The second kappa shape index (κ2) is 5.58. The summed E-state index contributed by atoms with van der Waals surface area (Å²) in [7, 11) is 0. The van der Waals surface area contributed by atoms with Crippen LogP contribution in [-0.2, 0) is 10.2 Å². The molecule has 0 aliphatic carbocycles. The van der Waals surface area contributed by atoms with Crippen LogP contribution >= 0.6 is 0 Å². The van der Waals surface area contributed by atoms with E-state index >= 15 is 0 Å². The molecule has 0 spiro atoms. The molecule has 17 heavy (non-hydrogen) atoms. The highest BCUT2D eigenvalue weighted by Crippen LogP contribution is 2.34. The van der Waals surface area contributed by atoms with E-state index in [2.05, 4.69) is 4.98 Å². The molecule has 1 aromatic heterocycles. The summed E-state index contributed by atoms with van der Waals surface area (Å²) in [6.45, 7) is 5.92.